The molecule has 5 nitrogen and oxygen atoms in total. The van der Waals surface area contributed by atoms with Crippen LogP contribution >= 0.6 is 0 Å². The van der Waals surface area contributed by atoms with Gasteiger partial charge in [0.25, 0.3) is 0 Å². The molecule has 0 bridgehead atoms. The molecule has 1 fully saturated rings. The largest absolute Gasteiger partial charge is 0.319 e. The van der Waals surface area contributed by atoms with E-state index in [-0.39, 0.29) is 17.8 Å². The van der Waals surface area contributed by atoms with Gasteiger partial charge in [-0.3, -0.25) is 0 Å². The Kier molecular flexibility index (Phi) is 2.94. The van der Waals surface area contributed by atoms with E-state index >= 15 is 0 Å². The van der Waals surface area contributed by atoms with Gasteiger partial charge in [-0.2, -0.15) is 0 Å². The Morgan fingerprint density at radius 3 is 2.89 bits per heavy atom. The number of hydrogen-bond donors (Lipinski definition) is 1. The van der Waals surface area contributed by atoms with Crippen molar-refractivity contribution in [2.75, 3.05) is 11.5 Å². The summed E-state index contributed by atoms with van der Waals surface area (Å²) in [6, 6.07) is 0. The highest BCUT2D eigenvalue weighted by atomic mass is 32.2. The van der Waals surface area contributed by atoms with Crippen molar-refractivity contribution in [1.29, 1.82) is 0 Å². The lowest BCUT2D eigenvalue weighted by molar-refractivity contribution is 0.408. The highest BCUT2D eigenvalue weighted by Gasteiger charge is 2.29. The zero-order valence-corrected chi connectivity index (χ0v) is 11.2. The number of imidazole rings is 1. The topological polar surface area (TPSA) is 78.0 Å². The fraction of sp³-hybridized carbons (Fsp3) is 0.750. The van der Waals surface area contributed by atoms with Crippen molar-refractivity contribution >= 4 is 9.84 Å². The molecule has 2 N–H and O–H groups in total. The fourth-order valence-electron chi connectivity index (χ4n) is 2.99. The van der Waals surface area contributed by atoms with Crippen molar-refractivity contribution in [2.24, 2.45) is 5.73 Å². The summed E-state index contributed by atoms with van der Waals surface area (Å²) in [5.41, 5.74) is 6.97. The molecule has 0 aliphatic carbocycles. The number of rotatable bonds is 1. The number of nitrogens with zero attached hydrogens (tertiary/aromatic N) is 2. The first-order chi connectivity index (χ1) is 8.55. The maximum Gasteiger partial charge on any atom is 0.150 e. The summed E-state index contributed by atoms with van der Waals surface area (Å²) in [6.45, 7) is 0. The van der Waals surface area contributed by atoms with Gasteiger partial charge >= 0.3 is 0 Å². The van der Waals surface area contributed by atoms with E-state index < -0.39 is 9.84 Å². The number of aromatic nitrogens is 2. The molecule has 2 aliphatic heterocycles. The van der Waals surface area contributed by atoms with E-state index in [1.165, 1.54) is 0 Å². The lowest BCUT2D eigenvalue weighted by atomic mass is 10.0. The molecule has 3 rings (SSSR count). The quantitative estimate of drug-likeness (QED) is 0.824. The molecule has 0 radical (unpaired) electrons. The SMILES string of the molecule is NC1CCCc2nc(C3CCCS(=O)(=O)C3)cn21. The first-order valence-electron chi connectivity index (χ1n) is 6.59. The highest BCUT2D eigenvalue weighted by Crippen LogP contribution is 2.30. The lowest BCUT2D eigenvalue weighted by Gasteiger charge is -2.21. The minimum absolute atomic E-state index is 0.00944. The molecular formula is C12H19N3O2S. The molecule has 0 saturated carbocycles. The van der Waals surface area contributed by atoms with Crippen LogP contribution in [0, 0.1) is 0 Å². The Hall–Kier alpha value is -0.880. The smallest absolute Gasteiger partial charge is 0.150 e. The number of aryl methyl sites for hydroxylation is 1. The van der Waals surface area contributed by atoms with Crippen molar-refractivity contribution in [2.45, 2.75) is 44.2 Å². The minimum atomic E-state index is -2.88. The summed E-state index contributed by atoms with van der Waals surface area (Å²) in [5, 5.41) is 0. The molecular weight excluding hydrogens is 250 g/mol. The Bertz CT molecular complexity index is 550. The van der Waals surface area contributed by atoms with Crippen LogP contribution in [0.25, 0.3) is 0 Å². The summed E-state index contributed by atoms with van der Waals surface area (Å²) in [6.07, 6.45) is 6.66. The average Bonchev–Trinajstić information content (AvgIpc) is 2.73. The van der Waals surface area contributed by atoms with Gasteiger partial charge in [0.1, 0.15) is 5.82 Å². The summed E-state index contributed by atoms with van der Waals surface area (Å²) < 4.78 is 25.4. The third-order valence-corrected chi connectivity index (χ3v) is 5.79. The molecule has 100 valence electrons. The summed E-state index contributed by atoms with van der Waals surface area (Å²) in [5.74, 6) is 1.66. The first-order valence-corrected chi connectivity index (χ1v) is 8.41. The lowest BCUT2D eigenvalue weighted by Crippen LogP contribution is -2.24. The van der Waals surface area contributed by atoms with Gasteiger partial charge in [0, 0.05) is 18.5 Å². The van der Waals surface area contributed by atoms with Gasteiger partial charge in [-0.05, 0) is 25.7 Å². The molecule has 18 heavy (non-hydrogen) atoms. The molecule has 0 aromatic carbocycles. The van der Waals surface area contributed by atoms with Crippen molar-refractivity contribution in [1.82, 2.24) is 9.55 Å². The van der Waals surface area contributed by atoms with Crippen LogP contribution in [0.3, 0.4) is 0 Å². The van der Waals surface area contributed by atoms with E-state index in [0.717, 1.165) is 43.6 Å². The number of nitrogens with two attached hydrogens (primary N) is 1. The van der Waals surface area contributed by atoms with E-state index in [2.05, 4.69) is 4.98 Å². The number of hydrogen-bond acceptors (Lipinski definition) is 4. The third kappa shape index (κ3) is 2.19. The van der Waals surface area contributed by atoms with Gasteiger partial charge in [0.05, 0.1) is 23.4 Å². The third-order valence-electron chi connectivity index (χ3n) is 3.97. The van der Waals surface area contributed by atoms with E-state index in [0.29, 0.717) is 5.75 Å². The molecule has 2 atom stereocenters. The van der Waals surface area contributed by atoms with Gasteiger partial charge in [0.15, 0.2) is 9.84 Å². The van der Waals surface area contributed by atoms with Gasteiger partial charge < -0.3 is 10.3 Å². The van der Waals surface area contributed by atoms with Gasteiger partial charge in [0.2, 0.25) is 0 Å². The summed E-state index contributed by atoms with van der Waals surface area (Å²) in [7, 11) is -2.88. The molecule has 2 unspecified atom stereocenters. The molecule has 1 aromatic heterocycles. The van der Waals surface area contributed by atoms with E-state index in [1.807, 2.05) is 10.8 Å². The predicted molar refractivity (Wildman–Crippen MR) is 69.0 cm³/mol. The van der Waals surface area contributed by atoms with Gasteiger partial charge in [-0.1, -0.05) is 0 Å². The molecule has 3 heterocycles. The molecule has 1 aromatic rings. The van der Waals surface area contributed by atoms with Crippen LogP contribution in [0.1, 0.15) is 49.3 Å². The monoisotopic (exact) mass is 269 g/mol. The second kappa shape index (κ2) is 4.35. The fourth-order valence-corrected chi connectivity index (χ4v) is 4.71. The maximum atomic E-state index is 11.7. The Morgan fingerprint density at radius 2 is 2.17 bits per heavy atom. The van der Waals surface area contributed by atoms with E-state index in [9.17, 15) is 8.42 Å². The zero-order chi connectivity index (χ0) is 12.8. The van der Waals surface area contributed by atoms with Gasteiger partial charge in [-0.25, -0.2) is 13.4 Å². The van der Waals surface area contributed by atoms with Crippen LogP contribution in [0.2, 0.25) is 0 Å². The molecule has 6 heteroatoms. The molecule has 2 aliphatic rings. The van der Waals surface area contributed by atoms with Crippen molar-refractivity contribution < 1.29 is 8.42 Å². The van der Waals surface area contributed by atoms with Crippen LogP contribution in [0.5, 0.6) is 0 Å². The molecule has 0 amide bonds. The molecule has 0 spiro atoms. The van der Waals surface area contributed by atoms with E-state index in [1.54, 1.807) is 0 Å². The summed E-state index contributed by atoms with van der Waals surface area (Å²) >= 11 is 0. The predicted octanol–water partition coefficient (Wildman–Crippen LogP) is 0.969. The van der Waals surface area contributed by atoms with Crippen LogP contribution in [-0.4, -0.2) is 29.5 Å². The minimum Gasteiger partial charge on any atom is -0.319 e. The van der Waals surface area contributed by atoms with Crippen LogP contribution in [-0.2, 0) is 16.3 Å². The van der Waals surface area contributed by atoms with Crippen molar-refractivity contribution in [3.63, 3.8) is 0 Å². The first kappa shape index (κ1) is 12.2. The maximum absolute atomic E-state index is 11.7. The normalized spacial score (nSPS) is 30.9. The Balaban J connectivity index is 1.89. The Labute approximate surface area is 107 Å². The number of sulfone groups is 1. The summed E-state index contributed by atoms with van der Waals surface area (Å²) in [4.78, 5) is 4.61. The second-order valence-corrected chi connectivity index (χ2v) is 7.63. The highest BCUT2D eigenvalue weighted by molar-refractivity contribution is 7.91. The average molecular weight is 269 g/mol. The number of fused-ring (bicyclic) bond motifs is 1. The second-order valence-electron chi connectivity index (χ2n) is 5.40. The van der Waals surface area contributed by atoms with E-state index in [4.69, 9.17) is 5.73 Å². The molecule has 1 saturated heterocycles. The van der Waals surface area contributed by atoms with Gasteiger partial charge in [-0.15, -0.1) is 0 Å². The zero-order valence-electron chi connectivity index (χ0n) is 10.4. The van der Waals surface area contributed by atoms with Crippen LogP contribution < -0.4 is 5.73 Å². The standard InChI is InChI=1S/C12H19N3O2S/c13-11-4-1-5-12-14-10(7-15(11)12)9-3-2-6-18(16,17)8-9/h7,9,11H,1-6,8,13H2. The van der Waals surface area contributed by atoms with Crippen LogP contribution in [0.15, 0.2) is 6.20 Å². The van der Waals surface area contributed by atoms with Crippen LogP contribution in [0.4, 0.5) is 0 Å². The van der Waals surface area contributed by atoms with Crippen molar-refractivity contribution in [3.8, 4) is 0 Å². The Morgan fingerprint density at radius 1 is 1.33 bits per heavy atom. The van der Waals surface area contributed by atoms with Crippen molar-refractivity contribution in [3.05, 3.63) is 17.7 Å².